The number of ether oxygens (including phenoxy) is 1. The van der Waals surface area contributed by atoms with E-state index >= 15 is 0 Å². The van der Waals surface area contributed by atoms with E-state index in [9.17, 15) is 4.39 Å². The third kappa shape index (κ3) is 3.33. The van der Waals surface area contributed by atoms with Crippen LogP contribution in [0.25, 0.3) is 0 Å². The van der Waals surface area contributed by atoms with Crippen LogP contribution in [0.3, 0.4) is 0 Å². The molecule has 2 nitrogen and oxygen atoms in total. The molecule has 0 fully saturated rings. The molecule has 2 aromatic carbocycles. The Bertz CT molecular complexity index is 632. The largest absolute Gasteiger partial charge is 0.488 e. The van der Waals surface area contributed by atoms with Crippen LogP contribution >= 0.6 is 12.2 Å². The van der Waals surface area contributed by atoms with E-state index in [0.717, 1.165) is 28.0 Å². The van der Waals surface area contributed by atoms with Crippen molar-refractivity contribution >= 4 is 17.2 Å². The van der Waals surface area contributed by atoms with Gasteiger partial charge in [0.25, 0.3) is 0 Å². The summed E-state index contributed by atoms with van der Waals surface area (Å²) in [7, 11) is 0. The van der Waals surface area contributed by atoms with Gasteiger partial charge >= 0.3 is 0 Å². The lowest BCUT2D eigenvalue weighted by Crippen LogP contribution is -2.10. The number of benzene rings is 2. The maximum absolute atomic E-state index is 13.1. The second kappa shape index (κ2) is 6.01. The van der Waals surface area contributed by atoms with E-state index in [1.807, 2.05) is 32.0 Å². The molecule has 0 saturated heterocycles. The van der Waals surface area contributed by atoms with Gasteiger partial charge in [-0.05, 0) is 54.8 Å². The lowest BCUT2D eigenvalue weighted by atomic mass is 10.1. The zero-order valence-electron chi connectivity index (χ0n) is 11.4. The minimum absolute atomic E-state index is 0.261. The number of rotatable bonds is 4. The molecule has 0 spiro atoms. The SMILES string of the molecule is Cc1cc(C(N)=S)cc(C)c1OCc1cccc(F)c1. The minimum Gasteiger partial charge on any atom is -0.488 e. The second-order valence-corrected chi connectivity index (χ2v) is 5.16. The molecule has 0 heterocycles. The van der Waals surface area contributed by atoms with Crippen LogP contribution in [0.15, 0.2) is 36.4 Å². The molecule has 2 N–H and O–H groups in total. The molecule has 0 radical (unpaired) electrons. The normalized spacial score (nSPS) is 10.3. The quantitative estimate of drug-likeness (QED) is 0.873. The Balaban J connectivity index is 2.20. The van der Waals surface area contributed by atoms with Crippen molar-refractivity contribution in [3.63, 3.8) is 0 Å². The van der Waals surface area contributed by atoms with Gasteiger partial charge in [-0.3, -0.25) is 0 Å². The molecule has 0 amide bonds. The van der Waals surface area contributed by atoms with E-state index in [0.29, 0.717) is 11.6 Å². The standard InChI is InChI=1S/C16H16FNOS/c1-10-6-13(16(18)20)7-11(2)15(10)19-9-12-4-3-5-14(17)8-12/h3-8H,9H2,1-2H3,(H2,18,20). The van der Waals surface area contributed by atoms with Crippen molar-refractivity contribution in [2.75, 3.05) is 0 Å². The third-order valence-electron chi connectivity index (χ3n) is 3.02. The third-order valence-corrected chi connectivity index (χ3v) is 3.25. The van der Waals surface area contributed by atoms with Crippen molar-refractivity contribution in [2.45, 2.75) is 20.5 Å². The Kier molecular flexibility index (Phi) is 4.35. The molecule has 0 aliphatic rings. The summed E-state index contributed by atoms with van der Waals surface area (Å²) in [6, 6.07) is 10.2. The fourth-order valence-electron chi connectivity index (χ4n) is 2.10. The van der Waals surface area contributed by atoms with Crippen LogP contribution in [0.4, 0.5) is 4.39 Å². The number of hydrogen-bond donors (Lipinski definition) is 1. The Hall–Kier alpha value is -1.94. The molecule has 0 aliphatic heterocycles. The average Bonchev–Trinajstić information content (AvgIpc) is 2.37. The van der Waals surface area contributed by atoms with Gasteiger partial charge in [-0.25, -0.2) is 4.39 Å². The van der Waals surface area contributed by atoms with Crippen LogP contribution in [0.1, 0.15) is 22.3 Å². The number of halogens is 1. The Morgan fingerprint density at radius 2 is 1.85 bits per heavy atom. The number of nitrogens with two attached hydrogens (primary N) is 1. The predicted molar refractivity (Wildman–Crippen MR) is 82.5 cm³/mol. The van der Waals surface area contributed by atoms with E-state index in [4.69, 9.17) is 22.7 Å². The summed E-state index contributed by atoms with van der Waals surface area (Å²) in [5.41, 5.74) is 9.18. The summed E-state index contributed by atoms with van der Waals surface area (Å²) >= 11 is 4.98. The molecule has 20 heavy (non-hydrogen) atoms. The summed E-state index contributed by atoms with van der Waals surface area (Å²) in [5, 5.41) is 0. The van der Waals surface area contributed by atoms with Crippen molar-refractivity contribution < 1.29 is 9.13 Å². The van der Waals surface area contributed by atoms with Crippen molar-refractivity contribution in [1.29, 1.82) is 0 Å². The van der Waals surface area contributed by atoms with Gasteiger partial charge in [0.05, 0.1) is 0 Å². The highest BCUT2D eigenvalue weighted by Gasteiger charge is 2.08. The van der Waals surface area contributed by atoms with Crippen molar-refractivity contribution in [2.24, 2.45) is 5.73 Å². The van der Waals surface area contributed by atoms with Crippen molar-refractivity contribution in [1.82, 2.24) is 0 Å². The first kappa shape index (κ1) is 14.5. The van der Waals surface area contributed by atoms with Crippen LogP contribution in [-0.2, 0) is 6.61 Å². The monoisotopic (exact) mass is 289 g/mol. The van der Waals surface area contributed by atoms with Gasteiger partial charge in [0.15, 0.2) is 0 Å². The number of hydrogen-bond acceptors (Lipinski definition) is 2. The van der Waals surface area contributed by atoms with Gasteiger partial charge in [-0.1, -0.05) is 24.4 Å². The molecular weight excluding hydrogens is 273 g/mol. The maximum atomic E-state index is 13.1. The van der Waals surface area contributed by atoms with Gasteiger partial charge in [-0.15, -0.1) is 0 Å². The van der Waals surface area contributed by atoms with E-state index in [2.05, 4.69) is 0 Å². The van der Waals surface area contributed by atoms with Gasteiger partial charge in [0.2, 0.25) is 0 Å². The molecular formula is C16H16FNOS. The zero-order valence-corrected chi connectivity index (χ0v) is 12.3. The van der Waals surface area contributed by atoms with Crippen molar-refractivity contribution in [3.8, 4) is 5.75 Å². The highest BCUT2D eigenvalue weighted by molar-refractivity contribution is 7.80. The molecule has 4 heteroatoms. The fourth-order valence-corrected chi connectivity index (χ4v) is 2.22. The summed E-state index contributed by atoms with van der Waals surface area (Å²) in [4.78, 5) is 0.368. The molecule has 0 saturated carbocycles. The second-order valence-electron chi connectivity index (χ2n) is 4.72. The molecule has 0 unspecified atom stereocenters. The summed E-state index contributed by atoms with van der Waals surface area (Å²) in [6.07, 6.45) is 0. The average molecular weight is 289 g/mol. The van der Waals surface area contributed by atoms with E-state index in [1.54, 1.807) is 6.07 Å². The zero-order chi connectivity index (χ0) is 14.7. The van der Waals surface area contributed by atoms with Gasteiger partial charge in [-0.2, -0.15) is 0 Å². The van der Waals surface area contributed by atoms with E-state index in [-0.39, 0.29) is 5.82 Å². The molecule has 2 aromatic rings. The molecule has 0 aromatic heterocycles. The lowest BCUT2D eigenvalue weighted by Gasteiger charge is -2.14. The summed E-state index contributed by atoms with van der Waals surface area (Å²) in [6.45, 7) is 4.21. The summed E-state index contributed by atoms with van der Waals surface area (Å²) in [5.74, 6) is 0.526. The number of thiocarbonyl (C=S) groups is 1. The van der Waals surface area contributed by atoms with Crippen LogP contribution in [0.5, 0.6) is 5.75 Å². The molecule has 0 aliphatic carbocycles. The molecule has 2 rings (SSSR count). The summed E-state index contributed by atoms with van der Waals surface area (Å²) < 4.78 is 18.9. The first-order valence-electron chi connectivity index (χ1n) is 6.25. The first-order valence-corrected chi connectivity index (χ1v) is 6.66. The van der Waals surface area contributed by atoms with Gasteiger partial charge in [0.1, 0.15) is 23.2 Å². The molecule has 0 atom stereocenters. The Labute approximate surface area is 123 Å². The molecule has 0 bridgehead atoms. The number of aryl methyl sites for hydroxylation is 2. The topological polar surface area (TPSA) is 35.2 Å². The fraction of sp³-hybridized carbons (Fsp3) is 0.188. The Morgan fingerprint density at radius 3 is 2.40 bits per heavy atom. The first-order chi connectivity index (χ1) is 9.47. The van der Waals surface area contributed by atoms with E-state index < -0.39 is 0 Å². The lowest BCUT2D eigenvalue weighted by molar-refractivity contribution is 0.301. The Morgan fingerprint density at radius 1 is 1.20 bits per heavy atom. The van der Waals surface area contributed by atoms with Gasteiger partial charge in [0, 0.05) is 5.56 Å². The van der Waals surface area contributed by atoms with Crippen LogP contribution in [-0.4, -0.2) is 4.99 Å². The van der Waals surface area contributed by atoms with Crippen LogP contribution in [0, 0.1) is 19.7 Å². The highest BCUT2D eigenvalue weighted by atomic mass is 32.1. The van der Waals surface area contributed by atoms with E-state index in [1.165, 1.54) is 12.1 Å². The predicted octanol–water partition coefficient (Wildman–Crippen LogP) is 3.66. The van der Waals surface area contributed by atoms with Crippen LogP contribution < -0.4 is 10.5 Å². The highest BCUT2D eigenvalue weighted by Crippen LogP contribution is 2.25. The minimum atomic E-state index is -0.261. The maximum Gasteiger partial charge on any atom is 0.125 e. The van der Waals surface area contributed by atoms with Crippen molar-refractivity contribution in [3.05, 3.63) is 64.5 Å². The molecule has 104 valence electrons. The van der Waals surface area contributed by atoms with Crippen LogP contribution in [0.2, 0.25) is 0 Å². The van der Waals surface area contributed by atoms with Gasteiger partial charge < -0.3 is 10.5 Å². The smallest absolute Gasteiger partial charge is 0.125 e.